The Morgan fingerprint density at radius 2 is 2.18 bits per heavy atom. The van der Waals surface area contributed by atoms with E-state index in [-0.39, 0.29) is 0 Å². The molecule has 1 aliphatic rings. The highest BCUT2D eigenvalue weighted by atomic mass is 32.1. The lowest BCUT2D eigenvalue weighted by molar-refractivity contribution is 0.272. The number of nitrogens with one attached hydrogen (secondary N) is 1. The molecule has 0 spiro atoms. The summed E-state index contributed by atoms with van der Waals surface area (Å²) in [4.78, 5) is 1.39. The minimum atomic E-state index is 0.496. The van der Waals surface area contributed by atoms with Crippen molar-refractivity contribution in [1.29, 1.82) is 0 Å². The molecule has 17 heavy (non-hydrogen) atoms. The second-order valence-corrected chi connectivity index (χ2v) is 5.73. The summed E-state index contributed by atoms with van der Waals surface area (Å²) in [6, 6.07) is 2.59. The highest BCUT2D eigenvalue weighted by molar-refractivity contribution is 7.10. The first kappa shape index (κ1) is 12.9. The van der Waals surface area contributed by atoms with Crippen LogP contribution in [0.4, 0.5) is 0 Å². The Bertz CT molecular complexity index is 331. The Morgan fingerprint density at radius 3 is 2.82 bits per heavy atom. The molecule has 1 aromatic rings. The van der Waals surface area contributed by atoms with E-state index in [1.807, 2.05) is 11.3 Å². The Balaban J connectivity index is 2.15. The van der Waals surface area contributed by atoms with Crippen molar-refractivity contribution < 1.29 is 4.74 Å². The summed E-state index contributed by atoms with van der Waals surface area (Å²) in [5, 5.41) is 5.80. The van der Waals surface area contributed by atoms with Crippen LogP contribution in [0, 0.1) is 5.92 Å². The van der Waals surface area contributed by atoms with Gasteiger partial charge >= 0.3 is 0 Å². The van der Waals surface area contributed by atoms with Crippen LogP contribution in [-0.4, -0.2) is 13.7 Å². The zero-order valence-electron chi connectivity index (χ0n) is 10.9. The highest BCUT2D eigenvalue weighted by Gasteiger charge is 2.27. The van der Waals surface area contributed by atoms with Crippen molar-refractivity contribution in [2.24, 2.45) is 5.92 Å². The van der Waals surface area contributed by atoms with Gasteiger partial charge in [-0.15, -0.1) is 11.3 Å². The molecule has 1 N–H and O–H groups in total. The predicted octanol–water partition coefficient (Wildman–Crippen LogP) is 3.99. The van der Waals surface area contributed by atoms with E-state index in [1.165, 1.54) is 37.0 Å². The van der Waals surface area contributed by atoms with E-state index in [4.69, 9.17) is 4.74 Å². The maximum Gasteiger partial charge on any atom is 0.134 e. The lowest BCUT2D eigenvalue weighted by Gasteiger charge is -2.30. The van der Waals surface area contributed by atoms with Gasteiger partial charge in [0.25, 0.3) is 0 Å². The lowest BCUT2D eigenvalue weighted by atomic mass is 9.83. The zero-order valence-corrected chi connectivity index (χ0v) is 11.7. The third kappa shape index (κ3) is 3.02. The van der Waals surface area contributed by atoms with Gasteiger partial charge in [0, 0.05) is 6.04 Å². The average molecular weight is 253 g/mol. The fourth-order valence-corrected chi connectivity index (χ4v) is 3.89. The third-order valence-electron chi connectivity index (χ3n) is 3.70. The van der Waals surface area contributed by atoms with Gasteiger partial charge in [-0.3, -0.25) is 0 Å². The monoisotopic (exact) mass is 253 g/mol. The van der Waals surface area contributed by atoms with Crippen LogP contribution in [0.15, 0.2) is 11.4 Å². The fourth-order valence-electron chi connectivity index (χ4n) is 2.87. The lowest BCUT2D eigenvalue weighted by Crippen LogP contribution is -2.29. The topological polar surface area (TPSA) is 21.3 Å². The Hall–Kier alpha value is -0.540. The van der Waals surface area contributed by atoms with Crippen molar-refractivity contribution in [2.75, 3.05) is 13.7 Å². The molecule has 0 radical (unpaired) electrons. The van der Waals surface area contributed by atoms with Gasteiger partial charge in [0.05, 0.1) is 12.0 Å². The number of methoxy groups -OCH3 is 1. The molecule has 96 valence electrons. The largest absolute Gasteiger partial charge is 0.496 e. The van der Waals surface area contributed by atoms with E-state index >= 15 is 0 Å². The molecule has 0 bridgehead atoms. The summed E-state index contributed by atoms with van der Waals surface area (Å²) in [5.41, 5.74) is 0. The molecule has 1 unspecified atom stereocenters. The number of thiophene rings is 1. The average Bonchev–Trinajstić information content (AvgIpc) is 2.85. The van der Waals surface area contributed by atoms with Crippen molar-refractivity contribution in [3.05, 3.63) is 16.3 Å². The van der Waals surface area contributed by atoms with Gasteiger partial charge in [-0.05, 0) is 36.8 Å². The predicted molar refractivity (Wildman–Crippen MR) is 73.9 cm³/mol. The molecule has 2 rings (SSSR count). The molecule has 1 atom stereocenters. The summed E-state index contributed by atoms with van der Waals surface area (Å²) in [5.74, 6) is 1.85. The van der Waals surface area contributed by atoms with Crippen molar-refractivity contribution in [3.8, 4) is 5.75 Å². The first-order valence-corrected chi connectivity index (χ1v) is 7.59. The number of rotatable bonds is 5. The van der Waals surface area contributed by atoms with Crippen LogP contribution in [0.1, 0.15) is 49.9 Å². The molecule has 2 nitrogen and oxygen atoms in total. The first-order chi connectivity index (χ1) is 8.36. The normalized spacial score (nSPS) is 19.2. The van der Waals surface area contributed by atoms with Crippen LogP contribution in [0.5, 0.6) is 5.75 Å². The number of hydrogen-bond donors (Lipinski definition) is 1. The van der Waals surface area contributed by atoms with Gasteiger partial charge in [0.2, 0.25) is 0 Å². The Morgan fingerprint density at radius 1 is 1.41 bits per heavy atom. The molecule has 0 aromatic carbocycles. The SMILES string of the molecule is CCNC(c1sccc1OC)C1CCCCC1. The molecule has 1 fully saturated rings. The smallest absolute Gasteiger partial charge is 0.134 e. The van der Waals surface area contributed by atoms with Gasteiger partial charge in [0.1, 0.15) is 5.75 Å². The second kappa shape index (κ2) is 6.41. The van der Waals surface area contributed by atoms with Crippen molar-refractivity contribution in [2.45, 2.75) is 45.1 Å². The van der Waals surface area contributed by atoms with Gasteiger partial charge in [-0.25, -0.2) is 0 Å². The molecule has 3 heteroatoms. The van der Waals surface area contributed by atoms with Gasteiger partial charge in [-0.1, -0.05) is 26.2 Å². The molecule has 1 heterocycles. The van der Waals surface area contributed by atoms with E-state index in [0.29, 0.717) is 6.04 Å². The van der Waals surface area contributed by atoms with E-state index in [9.17, 15) is 0 Å². The minimum absolute atomic E-state index is 0.496. The van der Waals surface area contributed by atoms with E-state index < -0.39 is 0 Å². The molecule has 0 amide bonds. The molecular formula is C14H23NOS. The minimum Gasteiger partial charge on any atom is -0.496 e. The molecule has 0 saturated heterocycles. The summed E-state index contributed by atoms with van der Waals surface area (Å²) in [6.45, 7) is 3.22. The maximum atomic E-state index is 5.47. The van der Waals surface area contributed by atoms with E-state index in [1.54, 1.807) is 7.11 Å². The Kier molecular flexibility index (Phi) is 4.86. The number of hydrogen-bond acceptors (Lipinski definition) is 3. The Labute approximate surface area is 108 Å². The van der Waals surface area contributed by atoms with Crippen LogP contribution in [0.3, 0.4) is 0 Å². The van der Waals surface area contributed by atoms with Crippen LogP contribution >= 0.6 is 11.3 Å². The van der Waals surface area contributed by atoms with Crippen LogP contribution in [0.2, 0.25) is 0 Å². The maximum absolute atomic E-state index is 5.47. The molecule has 1 saturated carbocycles. The molecule has 0 aliphatic heterocycles. The van der Waals surface area contributed by atoms with E-state index in [2.05, 4.69) is 23.7 Å². The summed E-state index contributed by atoms with van der Waals surface area (Å²) < 4.78 is 5.47. The van der Waals surface area contributed by atoms with Gasteiger partial charge in [0.15, 0.2) is 0 Å². The fraction of sp³-hybridized carbons (Fsp3) is 0.714. The van der Waals surface area contributed by atoms with Crippen molar-refractivity contribution in [3.63, 3.8) is 0 Å². The molecule has 1 aromatic heterocycles. The zero-order chi connectivity index (χ0) is 12.1. The van der Waals surface area contributed by atoms with Crippen LogP contribution in [0.25, 0.3) is 0 Å². The third-order valence-corrected chi connectivity index (χ3v) is 4.69. The highest BCUT2D eigenvalue weighted by Crippen LogP contribution is 2.40. The van der Waals surface area contributed by atoms with Crippen LogP contribution in [-0.2, 0) is 0 Å². The first-order valence-electron chi connectivity index (χ1n) is 6.71. The van der Waals surface area contributed by atoms with E-state index in [0.717, 1.165) is 18.2 Å². The van der Waals surface area contributed by atoms with Gasteiger partial charge in [-0.2, -0.15) is 0 Å². The number of ether oxygens (including phenoxy) is 1. The van der Waals surface area contributed by atoms with Crippen molar-refractivity contribution in [1.82, 2.24) is 5.32 Å². The molecule has 1 aliphatic carbocycles. The second-order valence-electron chi connectivity index (χ2n) is 4.79. The summed E-state index contributed by atoms with van der Waals surface area (Å²) >= 11 is 1.83. The molecular weight excluding hydrogens is 230 g/mol. The summed E-state index contributed by atoms with van der Waals surface area (Å²) in [6.07, 6.45) is 6.91. The van der Waals surface area contributed by atoms with Crippen molar-refractivity contribution >= 4 is 11.3 Å². The summed E-state index contributed by atoms with van der Waals surface area (Å²) in [7, 11) is 1.77. The standard InChI is InChI=1S/C14H23NOS/c1-3-15-13(11-7-5-4-6-8-11)14-12(16-2)9-10-17-14/h9-11,13,15H,3-8H2,1-2H3. The van der Waals surface area contributed by atoms with Crippen LogP contribution < -0.4 is 10.1 Å². The van der Waals surface area contributed by atoms with Gasteiger partial charge < -0.3 is 10.1 Å². The quantitative estimate of drug-likeness (QED) is 0.856.